The summed E-state index contributed by atoms with van der Waals surface area (Å²) in [5, 5.41) is 25.4. The summed E-state index contributed by atoms with van der Waals surface area (Å²) in [6.45, 7) is 2.13. The molecule has 0 unspecified atom stereocenters. The van der Waals surface area contributed by atoms with Crippen LogP contribution in [0.2, 0.25) is 0 Å². The van der Waals surface area contributed by atoms with Crippen molar-refractivity contribution in [1.29, 1.82) is 0 Å². The fourth-order valence-corrected chi connectivity index (χ4v) is 2.53. The van der Waals surface area contributed by atoms with Gasteiger partial charge in [-0.1, -0.05) is 0 Å². The van der Waals surface area contributed by atoms with Crippen LogP contribution in [0.15, 0.2) is 42.7 Å². The fraction of sp³-hybridized carbons (Fsp3) is 0.125. The van der Waals surface area contributed by atoms with E-state index in [9.17, 15) is 14.9 Å². The van der Waals surface area contributed by atoms with Crippen molar-refractivity contribution in [2.24, 2.45) is 5.73 Å². The van der Waals surface area contributed by atoms with Crippen LogP contribution in [0.4, 0.5) is 11.4 Å². The van der Waals surface area contributed by atoms with Crippen LogP contribution in [0.3, 0.4) is 0 Å². The number of amides is 1. The minimum absolute atomic E-state index is 0.0992. The number of nitro groups is 1. The summed E-state index contributed by atoms with van der Waals surface area (Å²) in [5.74, 6) is -0.707. The second-order valence-corrected chi connectivity index (χ2v) is 5.57. The zero-order chi connectivity index (χ0) is 18.7. The maximum atomic E-state index is 11.2. The van der Waals surface area contributed by atoms with E-state index in [1.165, 1.54) is 24.5 Å². The Kier molecular flexibility index (Phi) is 4.56. The van der Waals surface area contributed by atoms with Gasteiger partial charge < -0.3 is 11.1 Å². The van der Waals surface area contributed by atoms with Crippen LogP contribution >= 0.6 is 0 Å². The van der Waals surface area contributed by atoms with Gasteiger partial charge in [0.25, 0.3) is 5.69 Å². The molecule has 10 heteroatoms. The predicted molar refractivity (Wildman–Crippen MR) is 92.8 cm³/mol. The van der Waals surface area contributed by atoms with Crippen molar-refractivity contribution in [1.82, 2.24) is 20.2 Å². The Bertz CT molecular complexity index is 970. The van der Waals surface area contributed by atoms with Gasteiger partial charge in [0, 0.05) is 29.4 Å². The average Bonchev–Trinajstić information content (AvgIpc) is 3.14. The number of hydrogen-bond donors (Lipinski definition) is 2. The van der Waals surface area contributed by atoms with E-state index in [0.29, 0.717) is 5.56 Å². The molecule has 0 saturated carbocycles. The highest BCUT2D eigenvalue weighted by Gasteiger charge is 2.16. The average molecular weight is 353 g/mol. The summed E-state index contributed by atoms with van der Waals surface area (Å²) in [6, 6.07) is 9.74. The highest BCUT2D eigenvalue weighted by Crippen LogP contribution is 2.23. The molecule has 0 saturated heterocycles. The van der Waals surface area contributed by atoms with E-state index in [2.05, 4.69) is 20.8 Å². The summed E-state index contributed by atoms with van der Waals surface area (Å²) < 4.78 is 1.55. The van der Waals surface area contributed by atoms with E-state index in [1.54, 1.807) is 4.68 Å². The molecule has 132 valence electrons. The van der Waals surface area contributed by atoms with E-state index in [-0.39, 0.29) is 17.8 Å². The number of nitrogens with two attached hydrogens (primary N) is 1. The van der Waals surface area contributed by atoms with Gasteiger partial charge in [0.1, 0.15) is 6.33 Å². The molecule has 3 aromatic rings. The number of nitrogens with one attached hydrogen (secondary N) is 1. The molecular formula is C16H15N7O3. The molecule has 0 aliphatic carbocycles. The van der Waals surface area contributed by atoms with Gasteiger partial charge in [-0.3, -0.25) is 14.9 Å². The zero-order valence-corrected chi connectivity index (χ0v) is 13.8. The number of primary amides is 1. The van der Waals surface area contributed by atoms with Gasteiger partial charge in [-0.25, -0.2) is 4.68 Å². The Morgan fingerprint density at radius 2 is 2.12 bits per heavy atom. The second kappa shape index (κ2) is 6.97. The van der Waals surface area contributed by atoms with E-state index in [0.717, 1.165) is 16.9 Å². The first-order valence-electron chi connectivity index (χ1n) is 7.60. The molecule has 0 fully saturated rings. The number of anilines is 1. The Morgan fingerprint density at radius 3 is 2.73 bits per heavy atom. The van der Waals surface area contributed by atoms with Crippen molar-refractivity contribution >= 4 is 17.3 Å². The molecule has 3 rings (SSSR count). The number of rotatable bonds is 6. The number of nitrogens with zero attached hydrogens (tertiary/aromatic N) is 5. The highest BCUT2D eigenvalue weighted by atomic mass is 16.6. The molecule has 0 spiro atoms. The zero-order valence-electron chi connectivity index (χ0n) is 13.8. The van der Waals surface area contributed by atoms with Crippen LogP contribution in [0, 0.1) is 17.0 Å². The first kappa shape index (κ1) is 17.0. The van der Waals surface area contributed by atoms with E-state index >= 15 is 0 Å². The number of tetrazole rings is 1. The normalized spacial score (nSPS) is 10.5. The Hall–Kier alpha value is -3.82. The minimum atomic E-state index is -0.707. The number of hydrogen-bond acceptors (Lipinski definition) is 7. The smallest absolute Gasteiger partial charge is 0.275 e. The van der Waals surface area contributed by atoms with E-state index in [1.807, 2.05) is 25.1 Å². The molecule has 2 aromatic carbocycles. The van der Waals surface area contributed by atoms with Crippen LogP contribution in [-0.4, -0.2) is 31.0 Å². The molecule has 3 N–H and O–H groups in total. The van der Waals surface area contributed by atoms with Crippen LogP contribution < -0.4 is 11.1 Å². The van der Waals surface area contributed by atoms with Crippen molar-refractivity contribution in [3.05, 3.63) is 69.5 Å². The van der Waals surface area contributed by atoms with Crippen LogP contribution in [0.5, 0.6) is 0 Å². The molecule has 1 aromatic heterocycles. The predicted octanol–water partition coefficient (Wildman–Crippen LogP) is 1.59. The number of aromatic nitrogens is 4. The third-order valence-corrected chi connectivity index (χ3v) is 3.84. The topological polar surface area (TPSA) is 142 Å². The highest BCUT2D eigenvalue weighted by molar-refractivity contribution is 5.93. The Labute approximate surface area is 147 Å². The summed E-state index contributed by atoms with van der Waals surface area (Å²) >= 11 is 0. The number of carbonyl (C=O) groups excluding carboxylic acids is 1. The van der Waals surface area contributed by atoms with Crippen LogP contribution in [-0.2, 0) is 6.54 Å². The van der Waals surface area contributed by atoms with Crippen LogP contribution in [0.1, 0.15) is 21.5 Å². The molecule has 0 atom stereocenters. The molecule has 0 bridgehead atoms. The Balaban J connectivity index is 1.80. The first-order chi connectivity index (χ1) is 12.5. The standard InChI is InChI=1S/C16H15N7O3/c1-10-6-13(4-5-14(10)22-9-19-20-21-22)18-8-12-3-2-11(16(17)24)7-15(12)23(25)26/h2-7,9,18H,8H2,1H3,(H2,17,24). The summed E-state index contributed by atoms with van der Waals surface area (Å²) in [4.78, 5) is 21.9. The lowest BCUT2D eigenvalue weighted by Crippen LogP contribution is -2.12. The quantitative estimate of drug-likeness (QED) is 0.506. The number of benzene rings is 2. The molecular weight excluding hydrogens is 338 g/mol. The lowest BCUT2D eigenvalue weighted by molar-refractivity contribution is -0.385. The van der Waals surface area contributed by atoms with Crippen molar-refractivity contribution < 1.29 is 9.72 Å². The van der Waals surface area contributed by atoms with Gasteiger partial charge in [0.15, 0.2) is 0 Å². The van der Waals surface area contributed by atoms with Crippen LogP contribution in [0.25, 0.3) is 5.69 Å². The molecule has 1 heterocycles. The lowest BCUT2D eigenvalue weighted by Gasteiger charge is -2.11. The van der Waals surface area contributed by atoms with Gasteiger partial charge in [0.05, 0.1) is 10.6 Å². The Morgan fingerprint density at radius 1 is 1.31 bits per heavy atom. The van der Waals surface area contributed by atoms with Gasteiger partial charge >= 0.3 is 0 Å². The van der Waals surface area contributed by atoms with Crippen molar-refractivity contribution in [3.63, 3.8) is 0 Å². The van der Waals surface area contributed by atoms with Gasteiger partial charge in [0.2, 0.25) is 5.91 Å². The largest absolute Gasteiger partial charge is 0.381 e. The summed E-state index contributed by atoms with van der Waals surface area (Å²) in [5.41, 5.74) is 8.11. The van der Waals surface area contributed by atoms with E-state index < -0.39 is 10.8 Å². The molecule has 0 aliphatic rings. The third-order valence-electron chi connectivity index (χ3n) is 3.84. The number of nitro benzene ring substituents is 1. The molecule has 0 radical (unpaired) electrons. The van der Waals surface area contributed by atoms with Gasteiger partial charge in [-0.2, -0.15) is 0 Å². The maximum absolute atomic E-state index is 11.2. The van der Waals surface area contributed by atoms with E-state index in [4.69, 9.17) is 5.73 Å². The molecule has 10 nitrogen and oxygen atoms in total. The van der Waals surface area contributed by atoms with Crippen molar-refractivity contribution in [2.45, 2.75) is 13.5 Å². The van der Waals surface area contributed by atoms with Crippen molar-refractivity contribution in [3.8, 4) is 5.69 Å². The first-order valence-corrected chi connectivity index (χ1v) is 7.60. The third kappa shape index (κ3) is 3.48. The lowest BCUT2D eigenvalue weighted by atomic mass is 10.1. The molecule has 0 aliphatic heterocycles. The summed E-state index contributed by atoms with van der Waals surface area (Å²) in [7, 11) is 0. The van der Waals surface area contributed by atoms with Gasteiger partial charge in [-0.15, -0.1) is 5.10 Å². The van der Waals surface area contributed by atoms with Gasteiger partial charge in [-0.05, 0) is 53.2 Å². The molecule has 1 amide bonds. The maximum Gasteiger partial charge on any atom is 0.275 e. The SMILES string of the molecule is Cc1cc(NCc2ccc(C(N)=O)cc2[N+](=O)[O-])ccc1-n1cnnn1. The molecule has 26 heavy (non-hydrogen) atoms. The second-order valence-electron chi connectivity index (χ2n) is 5.57. The summed E-state index contributed by atoms with van der Waals surface area (Å²) in [6.07, 6.45) is 1.50. The van der Waals surface area contributed by atoms with Crippen molar-refractivity contribution in [2.75, 3.05) is 5.32 Å². The number of carbonyl (C=O) groups is 1. The monoisotopic (exact) mass is 353 g/mol. The minimum Gasteiger partial charge on any atom is -0.381 e. The fourth-order valence-electron chi connectivity index (χ4n) is 2.53. The number of aryl methyl sites for hydroxylation is 1.